The zero-order chi connectivity index (χ0) is 14.8. The molecular formula is C12H9F3N2O3. The monoisotopic (exact) mass is 286 g/mol. The second-order valence-electron chi connectivity index (χ2n) is 3.95. The van der Waals surface area contributed by atoms with E-state index in [-0.39, 0.29) is 0 Å². The number of benzene rings is 1. The number of carbonyl (C=O) groups is 1. The minimum absolute atomic E-state index is 0.351. The summed E-state index contributed by atoms with van der Waals surface area (Å²) in [6, 6.07) is 6.47. The first kappa shape index (κ1) is 14.0. The Bertz CT molecular complexity index is 694. The van der Waals surface area contributed by atoms with Crippen molar-refractivity contribution in [3.05, 3.63) is 40.8 Å². The number of para-hydroxylation sites is 2. The molecule has 2 aromatic rings. The number of alkyl halides is 3. The Labute approximate surface area is 110 Å². The fourth-order valence-corrected chi connectivity index (χ4v) is 1.61. The van der Waals surface area contributed by atoms with Crippen molar-refractivity contribution >= 4 is 17.0 Å². The second kappa shape index (κ2) is 5.32. The molecule has 0 aliphatic carbocycles. The summed E-state index contributed by atoms with van der Waals surface area (Å²) >= 11 is 0. The van der Waals surface area contributed by atoms with Crippen molar-refractivity contribution in [2.24, 2.45) is 0 Å². The maximum Gasteiger partial charge on any atom is 0.422 e. The number of carbonyl (C=O) groups excluding carboxylic acids is 1. The number of hydrogen-bond donors (Lipinski definition) is 0. The SMILES string of the molecule is O=C(Cn1c(=O)cnc2ccccc21)OCC(F)(F)F. The lowest BCUT2D eigenvalue weighted by molar-refractivity contribution is -0.186. The van der Waals surface area contributed by atoms with Gasteiger partial charge in [-0.15, -0.1) is 0 Å². The summed E-state index contributed by atoms with van der Waals surface area (Å²) in [7, 11) is 0. The summed E-state index contributed by atoms with van der Waals surface area (Å²) in [6.07, 6.45) is -3.60. The third-order valence-corrected chi connectivity index (χ3v) is 2.44. The van der Waals surface area contributed by atoms with Crippen LogP contribution in [0.1, 0.15) is 0 Å². The van der Waals surface area contributed by atoms with Crippen molar-refractivity contribution in [1.82, 2.24) is 9.55 Å². The van der Waals surface area contributed by atoms with Gasteiger partial charge in [0, 0.05) is 0 Å². The van der Waals surface area contributed by atoms with Crippen molar-refractivity contribution in [2.45, 2.75) is 12.7 Å². The highest BCUT2D eigenvalue weighted by Crippen LogP contribution is 2.15. The van der Waals surface area contributed by atoms with Crippen molar-refractivity contribution in [3.8, 4) is 0 Å². The van der Waals surface area contributed by atoms with E-state index in [0.29, 0.717) is 11.0 Å². The van der Waals surface area contributed by atoms with Gasteiger partial charge in [-0.2, -0.15) is 13.2 Å². The predicted molar refractivity (Wildman–Crippen MR) is 63.0 cm³/mol. The smallest absolute Gasteiger partial charge is 0.422 e. The highest BCUT2D eigenvalue weighted by Gasteiger charge is 2.29. The molecule has 0 saturated heterocycles. The van der Waals surface area contributed by atoms with Gasteiger partial charge in [-0.3, -0.25) is 14.2 Å². The maximum atomic E-state index is 11.9. The summed E-state index contributed by atoms with van der Waals surface area (Å²) in [5.41, 5.74) is 0.215. The molecule has 0 atom stereocenters. The molecule has 0 N–H and O–H groups in total. The summed E-state index contributed by atoms with van der Waals surface area (Å²) in [4.78, 5) is 26.9. The largest absolute Gasteiger partial charge is 0.455 e. The van der Waals surface area contributed by atoms with Gasteiger partial charge in [0.25, 0.3) is 5.56 Å². The lowest BCUT2D eigenvalue weighted by Crippen LogP contribution is -2.28. The van der Waals surface area contributed by atoms with Crippen LogP contribution in [0.15, 0.2) is 35.3 Å². The third-order valence-electron chi connectivity index (χ3n) is 2.44. The van der Waals surface area contributed by atoms with Crippen LogP contribution in [-0.4, -0.2) is 28.3 Å². The van der Waals surface area contributed by atoms with E-state index in [9.17, 15) is 22.8 Å². The van der Waals surface area contributed by atoms with Gasteiger partial charge >= 0.3 is 12.1 Å². The first-order chi connectivity index (χ1) is 9.37. The summed E-state index contributed by atoms with van der Waals surface area (Å²) in [5, 5.41) is 0. The van der Waals surface area contributed by atoms with E-state index < -0.39 is 30.9 Å². The molecule has 1 heterocycles. The van der Waals surface area contributed by atoms with Crippen LogP contribution in [0.4, 0.5) is 13.2 Å². The van der Waals surface area contributed by atoms with E-state index in [1.165, 1.54) is 0 Å². The van der Waals surface area contributed by atoms with Crippen LogP contribution in [0.5, 0.6) is 0 Å². The van der Waals surface area contributed by atoms with Gasteiger partial charge in [-0.1, -0.05) is 12.1 Å². The molecule has 0 spiro atoms. The molecule has 106 valence electrons. The quantitative estimate of drug-likeness (QED) is 0.802. The highest BCUT2D eigenvalue weighted by atomic mass is 19.4. The number of hydrogen-bond acceptors (Lipinski definition) is 4. The fourth-order valence-electron chi connectivity index (χ4n) is 1.61. The normalized spacial score (nSPS) is 11.6. The zero-order valence-corrected chi connectivity index (χ0v) is 10.1. The van der Waals surface area contributed by atoms with Gasteiger partial charge < -0.3 is 4.74 Å². The average molecular weight is 286 g/mol. The molecular weight excluding hydrogens is 277 g/mol. The Balaban J connectivity index is 2.23. The molecule has 1 aromatic heterocycles. The van der Waals surface area contributed by atoms with E-state index in [1.54, 1.807) is 24.3 Å². The van der Waals surface area contributed by atoms with Crippen LogP contribution >= 0.6 is 0 Å². The number of rotatable bonds is 3. The molecule has 1 aromatic carbocycles. The molecule has 0 fully saturated rings. The molecule has 0 radical (unpaired) electrons. The number of esters is 1. The van der Waals surface area contributed by atoms with Gasteiger partial charge in [0.2, 0.25) is 0 Å². The number of ether oxygens (including phenoxy) is 1. The lowest BCUT2D eigenvalue weighted by atomic mass is 10.3. The minimum Gasteiger partial charge on any atom is -0.455 e. The molecule has 0 saturated carbocycles. The van der Waals surface area contributed by atoms with Crippen LogP contribution in [-0.2, 0) is 16.1 Å². The van der Waals surface area contributed by atoms with Crippen molar-refractivity contribution in [3.63, 3.8) is 0 Å². The molecule has 20 heavy (non-hydrogen) atoms. The Kier molecular flexibility index (Phi) is 3.73. The fraction of sp³-hybridized carbons (Fsp3) is 0.250. The Morgan fingerprint density at radius 2 is 2.00 bits per heavy atom. The average Bonchev–Trinajstić information content (AvgIpc) is 2.39. The van der Waals surface area contributed by atoms with Crippen LogP contribution in [0.2, 0.25) is 0 Å². The van der Waals surface area contributed by atoms with E-state index in [0.717, 1.165) is 10.8 Å². The first-order valence-electron chi connectivity index (χ1n) is 5.54. The van der Waals surface area contributed by atoms with Crippen molar-refractivity contribution in [1.29, 1.82) is 0 Å². The molecule has 0 aliphatic rings. The van der Waals surface area contributed by atoms with E-state index in [1.807, 2.05) is 0 Å². The lowest BCUT2D eigenvalue weighted by Gasteiger charge is -2.10. The van der Waals surface area contributed by atoms with Crippen LogP contribution < -0.4 is 5.56 Å². The number of aromatic nitrogens is 2. The van der Waals surface area contributed by atoms with E-state index in [2.05, 4.69) is 9.72 Å². The van der Waals surface area contributed by atoms with Crippen LogP contribution in [0, 0.1) is 0 Å². The van der Waals surface area contributed by atoms with Crippen molar-refractivity contribution < 1.29 is 22.7 Å². The summed E-state index contributed by atoms with van der Waals surface area (Å²) < 4.78 is 40.9. The maximum absolute atomic E-state index is 11.9. The highest BCUT2D eigenvalue weighted by molar-refractivity contribution is 5.77. The van der Waals surface area contributed by atoms with Crippen LogP contribution in [0.25, 0.3) is 11.0 Å². The molecule has 0 unspecified atom stereocenters. The predicted octanol–water partition coefficient (Wildman–Crippen LogP) is 1.50. The molecule has 2 rings (SSSR count). The van der Waals surface area contributed by atoms with Gasteiger partial charge in [-0.05, 0) is 12.1 Å². The first-order valence-corrected chi connectivity index (χ1v) is 5.54. The molecule has 5 nitrogen and oxygen atoms in total. The van der Waals surface area contributed by atoms with Gasteiger partial charge in [0.05, 0.1) is 17.2 Å². The number of fused-ring (bicyclic) bond motifs is 1. The van der Waals surface area contributed by atoms with Gasteiger partial charge in [-0.25, -0.2) is 4.98 Å². The van der Waals surface area contributed by atoms with Gasteiger partial charge in [0.15, 0.2) is 6.61 Å². The Morgan fingerprint density at radius 1 is 1.30 bits per heavy atom. The molecule has 0 aliphatic heterocycles. The summed E-state index contributed by atoms with van der Waals surface area (Å²) in [6.45, 7) is -2.28. The number of halogens is 3. The topological polar surface area (TPSA) is 61.2 Å². The van der Waals surface area contributed by atoms with Crippen molar-refractivity contribution in [2.75, 3.05) is 6.61 Å². The molecule has 0 amide bonds. The van der Waals surface area contributed by atoms with E-state index >= 15 is 0 Å². The molecule has 0 bridgehead atoms. The minimum atomic E-state index is -4.60. The Hall–Kier alpha value is -2.38. The third kappa shape index (κ3) is 3.34. The summed E-state index contributed by atoms with van der Waals surface area (Å²) in [5.74, 6) is -1.14. The molecule has 8 heteroatoms. The number of nitrogens with zero attached hydrogens (tertiary/aromatic N) is 2. The Morgan fingerprint density at radius 3 is 2.70 bits per heavy atom. The van der Waals surface area contributed by atoms with Gasteiger partial charge in [0.1, 0.15) is 6.54 Å². The van der Waals surface area contributed by atoms with Crippen LogP contribution in [0.3, 0.4) is 0 Å². The van der Waals surface area contributed by atoms with E-state index in [4.69, 9.17) is 0 Å². The standard InChI is InChI=1S/C12H9F3N2O3/c13-12(14,15)7-20-11(19)6-17-9-4-2-1-3-8(9)16-5-10(17)18/h1-5H,6-7H2. The second-order valence-corrected chi connectivity index (χ2v) is 3.95. The zero-order valence-electron chi connectivity index (χ0n) is 10.1.